The Bertz CT molecular complexity index is 1800. The third-order valence-electron chi connectivity index (χ3n) is 4.52. The maximum Gasteiger partial charge on any atom is 0.278 e. The molecule has 0 saturated carbocycles. The van der Waals surface area contributed by atoms with E-state index in [2.05, 4.69) is 25.1 Å². The number of aromatic nitrogens is 4. The minimum Gasteiger partial charge on any atom is -0.223 e. The highest BCUT2D eigenvalue weighted by Crippen LogP contribution is 2.20. The van der Waals surface area contributed by atoms with Crippen molar-refractivity contribution in [1.82, 2.24) is 19.9 Å². The summed E-state index contributed by atoms with van der Waals surface area (Å²) in [5, 5.41) is 4.46. The Hall–Kier alpha value is -4.03. The third-order valence-corrected chi connectivity index (χ3v) is 7.53. The van der Waals surface area contributed by atoms with E-state index in [9.17, 15) is 38.8 Å². The number of pyridine rings is 4. The summed E-state index contributed by atoms with van der Waals surface area (Å²) >= 11 is 1.54. The topological polar surface area (TPSA) is 146 Å². The monoisotopic (exact) mass is 705 g/mol. The quantitative estimate of drug-likeness (QED) is 0.102. The molecule has 0 spiro atoms. The lowest BCUT2D eigenvalue weighted by Crippen LogP contribution is -2.14. The number of benzene rings is 1. The second-order valence-corrected chi connectivity index (χ2v) is 13.0. The first-order valence-electron chi connectivity index (χ1n) is 11.9. The first-order valence-corrected chi connectivity index (χ1v) is 16.8. The van der Waals surface area contributed by atoms with Gasteiger partial charge in [0, 0.05) is 16.4 Å². The van der Waals surface area contributed by atoms with Crippen LogP contribution in [0.5, 0.6) is 0 Å². The van der Waals surface area contributed by atoms with Crippen LogP contribution in [0.25, 0.3) is 0 Å². The smallest absolute Gasteiger partial charge is 0.223 e. The molecule has 0 radical (unpaired) electrons. The van der Waals surface area contributed by atoms with E-state index in [1.165, 1.54) is 41.6 Å². The summed E-state index contributed by atoms with van der Waals surface area (Å²) in [6, 6.07) is 25.1. The van der Waals surface area contributed by atoms with Crippen molar-refractivity contribution in [3.63, 3.8) is 0 Å². The molecule has 18 heteroatoms. The van der Waals surface area contributed by atoms with E-state index in [-0.39, 0.29) is 0 Å². The van der Waals surface area contributed by atoms with Crippen molar-refractivity contribution in [3.8, 4) is 0 Å². The van der Waals surface area contributed by atoms with Crippen LogP contribution in [0.1, 0.15) is 5.56 Å². The highest BCUT2D eigenvalue weighted by molar-refractivity contribution is 8.13. The highest BCUT2D eigenvalue weighted by atomic mass is 35.7. The molecule has 0 amide bonds. The fourth-order valence-electron chi connectivity index (χ4n) is 2.66. The molecule has 0 aliphatic rings. The average molecular weight is 706 g/mol. The molecule has 0 aliphatic heterocycles. The van der Waals surface area contributed by atoms with Crippen LogP contribution in [0.2, 0.25) is 0 Å². The van der Waals surface area contributed by atoms with Gasteiger partial charge < -0.3 is 0 Å². The van der Waals surface area contributed by atoms with Crippen LogP contribution < -0.4 is 5.14 Å². The number of halogens is 6. The predicted molar refractivity (Wildman–Crippen MR) is 157 cm³/mol. The fourth-order valence-corrected chi connectivity index (χ4v) is 4.67. The van der Waals surface area contributed by atoms with E-state index >= 15 is 0 Å². The van der Waals surface area contributed by atoms with E-state index in [1.54, 1.807) is 6.07 Å². The molecule has 0 atom stereocenters. The maximum atomic E-state index is 12.8. The minimum atomic E-state index is -3.90. The number of hydrogen-bond acceptors (Lipinski definition) is 9. The lowest BCUT2D eigenvalue weighted by atomic mass is 10.2. The van der Waals surface area contributed by atoms with Crippen LogP contribution in [0, 0.1) is 29.7 Å². The number of nitrogens with zero attached hydrogens (tertiary/aromatic N) is 4. The molecule has 4 heterocycles. The first-order chi connectivity index (χ1) is 21.1. The van der Waals surface area contributed by atoms with Gasteiger partial charge in [-0.1, -0.05) is 54.6 Å². The largest absolute Gasteiger partial charge is 0.278 e. The molecule has 0 unspecified atom stereocenters. The van der Waals surface area contributed by atoms with Gasteiger partial charge in [0.15, 0.2) is 10.1 Å². The molecule has 5 aromatic rings. The van der Waals surface area contributed by atoms with E-state index in [4.69, 9.17) is 10.7 Å². The van der Waals surface area contributed by atoms with E-state index in [0.717, 1.165) is 47.2 Å². The standard InChI is InChI=1S/C12H10FNS.C5H3ClFNO2S.C5H3F2N.C5H5FN2O2S/c13-11-7-4-8-12(14-11)15-9-10-5-2-1-3-6-10;6-11(9,10)5-3-1-2-4(7)8-5;6-4-2-1-3-5(7)8-4;6-4-2-1-3-5(8-4)11(7,9)10/h1-8H,9H2;1-3H;1-3H;1-3H,(H2,7,9,10). The summed E-state index contributed by atoms with van der Waals surface area (Å²) in [4.78, 5) is 12.7. The van der Waals surface area contributed by atoms with Crippen LogP contribution in [0.3, 0.4) is 0 Å². The third kappa shape index (κ3) is 15.5. The molecular weight excluding hydrogens is 685 g/mol. The van der Waals surface area contributed by atoms with Gasteiger partial charge >= 0.3 is 0 Å². The zero-order valence-electron chi connectivity index (χ0n) is 22.5. The van der Waals surface area contributed by atoms with Crippen LogP contribution in [0.15, 0.2) is 118 Å². The Kier molecular flexibility index (Phi) is 14.9. The van der Waals surface area contributed by atoms with Crippen LogP contribution in [0.4, 0.5) is 22.0 Å². The van der Waals surface area contributed by atoms with Gasteiger partial charge in [-0.3, -0.25) is 0 Å². The van der Waals surface area contributed by atoms with Gasteiger partial charge in [-0.05, 0) is 54.1 Å². The summed E-state index contributed by atoms with van der Waals surface area (Å²) < 4.78 is 103. The minimum absolute atomic E-state index is 0.423. The summed E-state index contributed by atoms with van der Waals surface area (Å²) in [5.74, 6) is -2.91. The Morgan fingerprint density at radius 3 is 1.36 bits per heavy atom. The van der Waals surface area contributed by atoms with Crippen LogP contribution in [-0.2, 0) is 24.8 Å². The SMILES string of the molecule is Fc1cccc(F)n1.Fc1cccc(SCc2ccccc2)n1.NS(=O)(=O)c1cccc(F)n1.O=S(=O)(Cl)c1cccc(F)n1. The van der Waals surface area contributed by atoms with Gasteiger partial charge in [0.25, 0.3) is 19.1 Å². The van der Waals surface area contributed by atoms with Crippen LogP contribution >= 0.6 is 22.4 Å². The van der Waals surface area contributed by atoms with Crippen LogP contribution in [-0.4, -0.2) is 36.8 Å². The van der Waals surface area contributed by atoms with E-state index < -0.39 is 58.9 Å². The highest BCUT2D eigenvalue weighted by Gasteiger charge is 2.11. The molecule has 9 nitrogen and oxygen atoms in total. The number of thioether (sulfide) groups is 1. The van der Waals surface area contributed by atoms with Gasteiger partial charge in [-0.15, -0.1) is 11.8 Å². The van der Waals surface area contributed by atoms with Crippen molar-refractivity contribution in [1.29, 1.82) is 0 Å². The van der Waals surface area contributed by atoms with Crippen molar-refractivity contribution < 1.29 is 38.8 Å². The Balaban J connectivity index is 0.000000214. The second-order valence-electron chi connectivity index (χ2n) is 7.94. The Labute approximate surface area is 263 Å². The van der Waals surface area contributed by atoms with Crippen molar-refractivity contribution in [3.05, 3.63) is 138 Å². The predicted octanol–water partition coefficient (Wildman–Crippen LogP) is 5.89. The number of primary sulfonamides is 1. The van der Waals surface area contributed by atoms with Crippen molar-refractivity contribution in [2.45, 2.75) is 20.8 Å². The molecule has 0 bridgehead atoms. The summed E-state index contributed by atoms with van der Waals surface area (Å²) in [7, 11) is -2.91. The Morgan fingerprint density at radius 1 is 0.556 bits per heavy atom. The zero-order valence-corrected chi connectivity index (χ0v) is 25.7. The van der Waals surface area contributed by atoms with Crippen molar-refractivity contribution in [2.75, 3.05) is 0 Å². The lowest BCUT2D eigenvalue weighted by Gasteiger charge is -2.00. The second kappa shape index (κ2) is 18.1. The molecule has 5 rings (SSSR count). The molecule has 1 aromatic carbocycles. The number of hydrogen-bond donors (Lipinski definition) is 1. The number of rotatable bonds is 5. The van der Waals surface area contributed by atoms with Gasteiger partial charge in [-0.25, -0.2) is 36.9 Å². The van der Waals surface area contributed by atoms with Gasteiger partial charge in [0.2, 0.25) is 29.7 Å². The molecule has 4 aromatic heterocycles. The number of nitrogens with two attached hydrogens (primary N) is 1. The molecule has 0 saturated heterocycles. The molecule has 238 valence electrons. The first kappa shape index (κ1) is 37.2. The Morgan fingerprint density at radius 2 is 0.978 bits per heavy atom. The normalized spacial score (nSPS) is 10.6. The average Bonchev–Trinajstić information content (AvgIpc) is 2.97. The van der Waals surface area contributed by atoms with Gasteiger partial charge in [0.1, 0.15) is 0 Å². The lowest BCUT2D eigenvalue weighted by molar-refractivity contribution is 0.512. The molecule has 2 N–H and O–H groups in total. The van der Waals surface area contributed by atoms with Crippen molar-refractivity contribution >= 4 is 41.5 Å². The van der Waals surface area contributed by atoms with Gasteiger partial charge in [-0.2, -0.15) is 26.9 Å². The van der Waals surface area contributed by atoms with E-state index in [1.807, 2.05) is 36.4 Å². The molecule has 45 heavy (non-hydrogen) atoms. The fraction of sp³-hybridized carbons (Fsp3) is 0.0370. The zero-order chi connectivity index (χ0) is 33.5. The molecule has 0 aliphatic carbocycles. The summed E-state index contributed by atoms with van der Waals surface area (Å²) in [5.41, 5.74) is 1.22. The van der Waals surface area contributed by atoms with Gasteiger partial charge in [0.05, 0.1) is 5.03 Å². The summed E-state index contributed by atoms with van der Waals surface area (Å²) in [6.45, 7) is 0. The molecular formula is C27H21ClF5N5O4S3. The maximum absolute atomic E-state index is 12.8. The number of sulfonamides is 1. The van der Waals surface area contributed by atoms with Crippen molar-refractivity contribution in [2.24, 2.45) is 5.14 Å². The summed E-state index contributed by atoms with van der Waals surface area (Å²) in [6.07, 6.45) is 0. The van der Waals surface area contributed by atoms with E-state index in [0.29, 0.717) is 0 Å². The molecule has 0 fully saturated rings.